The molecule has 72 valence electrons. The Balaban J connectivity index is 2.42. The Bertz CT molecular complexity index is 413. The van der Waals surface area contributed by atoms with Gasteiger partial charge in [0.15, 0.2) is 5.75 Å². The van der Waals surface area contributed by atoms with Gasteiger partial charge in [0, 0.05) is 0 Å². The zero-order valence-electron chi connectivity index (χ0n) is 7.11. The lowest BCUT2D eigenvalue weighted by Gasteiger charge is -2.17. The molecule has 2 N–H and O–H groups in total. The van der Waals surface area contributed by atoms with Crippen molar-refractivity contribution in [1.82, 2.24) is 0 Å². The zero-order chi connectivity index (χ0) is 10.1. The molecule has 5 heteroatoms. The number of nitrogens with one attached hydrogen (secondary N) is 1. The van der Waals surface area contributed by atoms with Crippen LogP contribution >= 0.6 is 0 Å². The van der Waals surface area contributed by atoms with Crippen LogP contribution < -0.4 is 10.1 Å². The van der Waals surface area contributed by atoms with Gasteiger partial charge in [-0.25, -0.2) is 9.59 Å². The second kappa shape index (κ2) is 3.02. The molecule has 2 rings (SSSR count). The van der Waals surface area contributed by atoms with E-state index in [0.29, 0.717) is 5.69 Å². The van der Waals surface area contributed by atoms with Crippen molar-refractivity contribution in [2.24, 2.45) is 0 Å². The molecule has 0 spiro atoms. The van der Waals surface area contributed by atoms with Crippen LogP contribution in [-0.2, 0) is 4.79 Å². The summed E-state index contributed by atoms with van der Waals surface area (Å²) in [6, 6.07) is 4.35. The number of benzene rings is 1. The minimum atomic E-state index is -1.05. The molecular weight excluding hydrogens is 186 g/mol. The fourth-order valence-corrected chi connectivity index (χ4v) is 1.21. The van der Waals surface area contributed by atoms with Crippen molar-refractivity contribution >= 4 is 17.6 Å². The maximum atomic E-state index is 10.9. The van der Waals surface area contributed by atoms with Gasteiger partial charge in [0.1, 0.15) is 6.54 Å². The summed E-state index contributed by atoms with van der Waals surface area (Å²) in [5.41, 5.74) is 0.731. The van der Waals surface area contributed by atoms with Gasteiger partial charge in [-0.15, -0.1) is 0 Å². The van der Waals surface area contributed by atoms with E-state index in [1.165, 1.54) is 12.1 Å². The fraction of sp³-hybridized carbons (Fsp3) is 0.111. The Labute approximate surface area is 79.3 Å². The molecule has 1 aliphatic heterocycles. The Hall–Kier alpha value is -2.04. The molecule has 0 saturated carbocycles. The number of hydrogen-bond donors (Lipinski definition) is 2. The average Bonchev–Trinajstić information content (AvgIpc) is 2.16. The first-order valence-electron chi connectivity index (χ1n) is 3.99. The molecular formula is C9H7NO4. The number of hydrogen-bond acceptors (Lipinski definition) is 4. The molecule has 1 aliphatic rings. The van der Waals surface area contributed by atoms with Crippen molar-refractivity contribution in [1.29, 1.82) is 0 Å². The van der Waals surface area contributed by atoms with E-state index in [4.69, 9.17) is 9.84 Å². The predicted molar refractivity (Wildman–Crippen MR) is 47.5 cm³/mol. The number of rotatable bonds is 1. The van der Waals surface area contributed by atoms with Crippen molar-refractivity contribution < 1.29 is 19.4 Å². The second-order valence-electron chi connectivity index (χ2n) is 2.84. The van der Waals surface area contributed by atoms with E-state index in [2.05, 4.69) is 5.32 Å². The lowest BCUT2D eigenvalue weighted by atomic mass is 10.2. The first kappa shape index (κ1) is 8.55. The number of ether oxygens (including phenoxy) is 1. The maximum absolute atomic E-state index is 10.9. The van der Waals surface area contributed by atoms with Crippen molar-refractivity contribution in [3.05, 3.63) is 23.8 Å². The number of carbonyl (C=O) groups excluding carboxylic acids is 1. The van der Waals surface area contributed by atoms with Crippen LogP contribution in [0.25, 0.3) is 0 Å². The number of esters is 1. The van der Waals surface area contributed by atoms with Gasteiger partial charge in [-0.2, -0.15) is 0 Å². The Morgan fingerprint density at radius 3 is 3.00 bits per heavy atom. The SMILES string of the molecule is O=C1CNc2ccc(C(=O)O)cc2O1. The largest absolute Gasteiger partial charge is 0.478 e. The molecule has 1 aromatic rings. The lowest BCUT2D eigenvalue weighted by molar-refractivity contribution is -0.132. The summed E-state index contributed by atoms with van der Waals surface area (Å²) in [4.78, 5) is 21.5. The van der Waals surface area contributed by atoms with Gasteiger partial charge in [-0.3, -0.25) is 0 Å². The van der Waals surface area contributed by atoms with Gasteiger partial charge in [0.2, 0.25) is 0 Å². The first-order valence-corrected chi connectivity index (χ1v) is 3.99. The highest BCUT2D eigenvalue weighted by molar-refractivity contribution is 5.91. The van der Waals surface area contributed by atoms with E-state index in [0.717, 1.165) is 0 Å². The molecule has 5 nitrogen and oxygen atoms in total. The highest BCUT2D eigenvalue weighted by atomic mass is 16.5. The van der Waals surface area contributed by atoms with Crippen molar-refractivity contribution in [3.8, 4) is 5.75 Å². The summed E-state index contributed by atoms with van der Waals surface area (Å²) in [6.07, 6.45) is 0. The lowest BCUT2D eigenvalue weighted by Crippen LogP contribution is -2.25. The fourth-order valence-electron chi connectivity index (χ4n) is 1.21. The van der Waals surface area contributed by atoms with Crippen LogP contribution in [0.4, 0.5) is 5.69 Å². The van der Waals surface area contributed by atoms with Crippen LogP contribution in [-0.4, -0.2) is 23.6 Å². The van der Waals surface area contributed by atoms with Crippen LogP contribution in [0.3, 0.4) is 0 Å². The molecule has 0 atom stereocenters. The molecule has 0 fully saturated rings. The predicted octanol–water partition coefficient (Wildman–Crippen LogP) is 0.716. The Kier molecular flexibility index (Phi) is 1.85. The molecule has 0 aromatic heterocycles. The summed E-state index contributed by atoms with van der Waals surface area (Å²) in [6.45, 7) is 0.111. The minimum Gasteiger partial charge on any atom is -0.478 e. The van der Waals surface area contributed by atoms with Gasteiger partial charge in [0.25, 0.3) is 0 Å². The van der Waals surface area contributed by atoms with Crippen LogP contribution in [0.2, 0.25) is 0 Å². The molecule has 0 amide bonds. The number of carboxylic acid groups (broad SMARTS) is 1. The standard InChI is InChI=1S/C9H7NO4/c11-8-4-10-6-2-1-5(9(12)13)3-7(6)14-8/h1-3,10H,4H2,(H,12,13). The quantitative estimate of drug-likeness (QED) is 0.507. The normalized spacial score (nSPS) is 13.9. The number of fused-ring (bicyclic) bond motifs is 1. The molecule has 1 heterocycles. The number of anilines is 1. The van der Waals surface area contributed by atoms with Crippen molar-refractivity contribution in [2.75, 3.05) is 11.9 Å². The summed E-state index contributed by atoms with van der Waals surface area (Å²) in [7, 11) is 0. The van der Waals surface area contributed by atoms with E-state index < -0.39 is 11.9 Å². The zero-order valence-corrected chi connectivity index (χ0v) is 7.11. The summed E-state index contributed by atoms with van der Waals surface area (Å²) in [5.74, 6) is -1.20. The van der Waals surface area contributed by atoms with E-state index in [9.17, 15) is 9.59 Å². The number of carbonyl (C=O) groups is 2. The Morgan fingerprint density at radius 2 is 2.29 bits per heavy atom. The van der Waals surface area contributed by atoms with Gasteiger partial charge in [0.05, 0.1) is 11.3 Å². The van der Waals surface area contributed by atoms with E-state index in [1.807, 2.05) is 0 Å². The van der Waals surface area contributed by atoms with Gasteiger partial charge in [-0.05, 0) is 18.2 Å². The van der Waals surface area contributed by atoms with Gasteiger partial charge in [-0.1, -0.05) is 0 Å². The first-order chi connectivity index (χ1) is 6.66. The molecule has 0 radical (unpaired) electrons. The molecule has 14 heavy (non-hydrogen) atoms. The monoisotopic (exact) mass is 193 g/mol. The smallest absolute Gasteiger partial charge is 0.335 e. The molecule has 0 unspecified atom stereocenters. The second-order valence-corrected chi connectivity index (χ2v) is 2.84. The topological polar surface area (TPSA) is 75.6 Å². The minimum absolute atomic E-state index is 0.0975. The summed E-state index contributed by atoms with van der Waals surface area (Å²) >= 11 is 0. The number of carboxylic acids is 1. The van der Waals surface area contributed by atoms with Crippen molar-refractivity contribution in [3.63, 3.8) is 0 Å². The molecule has 0 saturated heterocycles. The summed E-state index contributed by atoms with van der Waals surface area (Å²) in [5, 5.41) is 11.5. The molecule has 0 aliphatic carbocycles. The van der Waals surface area contributed by atoms with Crippen molar-refractivity contribution in [2.45, 2.75) is 0 Å². The Morgan fingerprint density at radius 1 is 1.50 bits per heavy atom. The van der Waals surface area contributed by atoms with Gasteiger partial charge < -0.3 is 15.2 Å². The van der Waals surface area contributed by atoms with Crippen LogP contribution in [0.15, 0.2) is 18.2 Å². The maximum Gasteiger partial charge on any atom is 0.335 e. The highest BCUT2D eigenvalue weighted by Crippen LogP contribution is 2.28. The van der Waals surface area contributed by atoms with Crippen LogP contribution in [0, 0.1) is 0 Å². The summed E-state index contributed by atoms with van der Waals surface area (Å²) < 4.78 is 4.86. The van der Waals surface area contributed by atoms with Crippen LogP contribution in [0.1, 0.15) is 10.4 Å². The highest BCUT2D eigenvalue weighted by Gasteiger charge is 2.17. The van der Waals surface area contributed by atoms with E-state index in [1.54, 1.807) is 6.07 Å². The number of aromatic carboxylic acids is 1. The molecule has 0 bridgehead atoms. The van der Waals surface area contributed by atoms with E-state index >= 15 is 0 Å². The molecule has 1 aromatic carbocycles. The van der Waals surface area contributed by atoms with Gasteiger partial charge >= 0.3 is 11.9 Å². The third-order valence-electron chi connectivity index (χ3n) is 1.88. The third kappa shape index (κ3) is 1.39. The average molecular weight is 193 g/mol. The van der Waals surface area contributed by atoms with Crippen LogP contribution in [0.5, 0.6) is 5.75 Å². The third-order valence-corrected chi connectivity index (χ3v) is 1.88. The van der Waals surface area contributed by atoms with E-state index in [-0.39, 0.29) is 17.9 Å².